The molecule has 1 atom stereocenters. The number of aryl methyl sites for hydroxylation is 1. The van der Waals surface area contributed by atoms with Crippen molar-refractivity contribution in [2.24, 2.45) is 7.05 Å². The molecule has 3 rings (SSSR count). The van der Waals surface area contributed by atoms with Crippen LogP contribution in [0.4, 0.5) is 4.79 Å². The third-order valence-corrected chi connectivity index (χ3v) is 4.48. The van der Waals surface area contributed by atoms with Gasteiger partial charge in [0.05, 0.1) is 30.0 Å². The van der Waals surface area contributed by atoms with Gasteiger partial charge in [-0.25, -0.2) is 4.79 Å². The summed E-state index contributed by atoms with van der Waals surface area (Å²) in [5.41, 5.74) is 1.15. The highest BCUT2D eigenvalue weighted by molar-refractivity contribution is 5.81. The molecule has 6 nitrogen and oxygen atoms in total. The summed E-state index contributed by atoms with van der Waals surface area (Å²) in [6.07, 6.45) is 0.514. The summed E-state index contributed by atoms with van der Waals surface area (Å²) < 4.78 is 13.5. The van der Waals surface area contributed by atoms with E-state index in [-0.39, 0.29) is 11.7 Å². The third-order valence-electron chi connectivity index (χ3n) is 4.48. The first kappa shape index (κ1) is 17.7. The molecule has 1 unspecified atom stereocenters. The number of para-hydroxylation sites is 1. The zero-order chi connectivity index (χ0) is 18.2. The highest BCUT2D eigenvalue weighted by atomic mass is 16.6. The molecule has 1 aromatic carbocycles. The summed E-state index contributed by atoms with van der Waals surface area (Å²) in [6.45, 7) is 9.29. The van der Waals surface area contributed by atoms with Crippen molar-refractivity contribution in [3.05, 3.63) is 30.0 Å². The van der Waals surface area contributed by atoms with Crippen molar-refractivity contribution >= 4 is 17.0 Å². The monoisotopic (exact) mass is 345 g/mol. The minimum Gasteiger partial charge on any atom is -0.444 e. The number of nitrogens with zero attached hydrogens (tertiary/aromatic N) is 3. The highest BCUT2D eigenvalue weighted by Crippen LogP contribution is 2.28. The van der Waals surface area contributed by atoms with E-state index >= 15 is 0 Å². The smallest absolute Gasteiger partial charge is 0.410 e. The summed E-state index contributed by atoms with van der Waals surface area (Å²) in [7, 11) is 1.94. The van der Waals surface area contributed by atoms with Gasteiger partial charge in [-0.3, -0.25) is 4.68 Å². The Morgan fingerprint density at radius 3 is 2.76 bits per heavy atom. The second-order valence-electron chi connectivity index (χ2n) is 7.98. The predicted octanol–water partition coefficient (Wildman–Crippen LogP) is 3.49. The molecule has 1 fully saturated rings. The number of rotatable bonds is 3. The molecule has 136 valence electrons. The van der Waals surface area contributed by atoms with Crippen LogP contribution in [0.25, 0.3) is 10.9 Å². The molecular weight excluding hydrogens is 318 g/mol. The van der Waals surface area contributed by atoms with Gasteiger partial charge in [0.1, 0.15) is 5.60 Å². The SMILES string of the molecule is Cn1nc(COC2(C)CCN(C(=O)OC(C)(C)C)C2)c2ccccc21. The molecule has 1 aliphatic heterocycles. The molecule has 0 aliphatic carbocycles. The van der Waals surface area contributed by atoms with Crippen LogP contribution in [-0.2, 0) is 23.1 Å². The number of hydrogen-bond donors (Lipinski definition) is 0. The Bertz CT molecular complexity index is 778. The minimum atomic E-state index is -0.482. The van der Waals surface area contributed by atoms with Crippen molar-refractivity contribution < 1.29 is 14.3 Å². The Balaban J connectivity index is 1.64. The standard InChI is InChI=1S/C19H27N3O3/c1-18(2,3)25-17(23)22-11-10-19(4,13-22)24-12-15-14-8-6-7-9-16(14)21(5)20-15/h6-9H,10-13H2,1-5H3. The van der Waals surface area contributed by atoms with Gasteiger partial charge in [0.2, 0.25) is 0 Å². The molecular formula is C19H27N3O3. The summed E-state index contributed by atoms with van der Waals surface area (Å²) in [4.78, 5) is 14.0. The van der Waals surface area contributed by atoms with Crippen molar-refractivity contribution in [2.75, 3.05) is 13.1 Å². The van der Waals surface area contributed by atoms with Crippen LogP contribution in [0.5, 0.6) is 0 Å². The van der Waals surface area contributed by atoms with E-state index in [1.54, 1.807) is 4.90 Å². The van der Waals surface area contributed by atoms with Crippen molar-refractivity contribution in [3.63, 3.8) is 0 Å². The molecule has 1 aromatic heterocycles. The molecule has 1 saturated heterocycles. The van der Waals surface area contributed by atoms with Crippen LogP contribution < -0.4 is 0 Å². The fourth-order valence-corrected chi connectivity index (χ4v) is 3.17. The zero-order valence-corrected chi connectivity index (χ0v) is 15.7. The van der Waals surface area contributed by atoms with Crippen LogP contribution in [0, 0.1) is 0 Å². The lowest BCUT2D eigenvalue weighted by molar-refractivity contribution is -0.0384. The van der Waals surface area contributed by atoms with E-state index in [1.165, 1.54) is 0 Å². The third kappa shape index (κ3) is 3.95. The lowest BCUT2D eigenvalue weighted by atomic mass is 10.1. The van der Waals surface area contributed by atoms with Crippen molar-refractivity contribution in [1.82, 2.24) is 14.7 Å². The second-order valence-corrected chi connectivity index (χ2v) is 7.98. The molecule has 6 heteroatoms. The number of carbonyl (C=O) groups is 1. The minimum absolute atomic E-state index is 0.275. The van der Waals surface area contributed by atoms with E-state index < -0.39 is 5.60 Å². The topological polar surface area (TPSA) is 56.6 Å². The van der Waals surface area contributed by atoms with E-state index in [2.05, 4.69) is 11.2 Å². The predicted molar refractivity (Wildman–Crippen MR) is 96.3 cm³/mol. The van der Waals surface area contributed by atoms with E-state index in [9.17, 15) is 4.79 Å². The largest absolute Gasteiger partial charge is 0.444 e. The fourth-order valence-electron chi connectivity index (χ4n) is 3.17. The van der Waals surface area contributed by atoms with Gasteiger partial charge < -0.3 is 14.4 Å². The van der Waals surface area contributed by atoms with Crippen molar-refractivity contribution in [1.29, 1.82) is 0 Å². The first-order valence-electron chi connectivity index (χ1n) is 8.69. The van der Waals surface area contributed by atoms with Gasteiger partial charge in [0, 0.05) is 19.0 Å². The Labute approximate surface area is 148 Å². The molecule has 2 aromatic rings. The van der Waals surface area contributed by atoms with Gasteiger partial charge in [-0.05, 0) is 40.2 Å². The Hall–Kier alpha value is -2.08. The van der Waals surface area contributed by atoms with Crippen LogP contribution in [-0.4, -0.2) is 45.1 Å². The lowest BCUT2D eigenvalue weighted by Gasteiger charge is -2.27. The first-order chi connectivity index (χ1) is 11.7. The Morgan fingerprint density at radius 2 is 2.04 bits per heavy atom. The summed E-state index contributed by atoms with van der Waals surface area (Å²) in [5, 5.41) is 5.68. The lowest BCUT2D eigenvalue weighted by Crippen LogP contribution is -2.39. The number of fused-ring (bicyclic) bond motifs is 1. The second kappa shape index (κ2) is 6.33. The van der Waals surface area contributed by atoms with E-state index in [1.807, 2.05) is 57.6 Å². The molecule has 25 heavy (non-hydrogen) atoms. The number of ether oxygens (including phenoxy) is 2. The number of benzene rings is 1. The number of amides is 1. The van der Waals surface area contributed by atoms with Crippen LogP contribution >= 0.6 is 0 Å². The van der Waals surface area contributed by atoms with Crippen molar-refractivity contribution in [2.45, 2.75) is 51.9 Å². The van der Waals surface area contributed by atoms with Gasteiger partial charge in [-0.15, -0.1) is 0 Å². The van der Waals surface area contributed by atoms with Gasteiger partial charge in [-0.2, -0.15) is 5.10 Å². The molecule has 0 N–H and O–H groups in total. The van der Waals surface area contributed by atoms with E-state index in [4.69, 9.17) is 9.47 Å². The van der Waals surface area contributed by atoms with E-state index in [0.29, 0.717) is 19.7 Å². The maximum absolute atomic E-state index is 12.2. The summed E-state index contributed by atoms with van der Waals surface area (Å²) >= 11 is 0. The molecule has 0 radical (unpaired) electrons. The van der Waals surface area contributed by atoms with Crippen LogP contribution in [0.15, 0.2) is 24.3 Å². The zero-order valence-electron chi connectivity index (χ0n) is 15.7. The average molecular weight is 345 g/mol. The van der Waals surface area contributed by atoms with Crippen LogP contribution in [0.2, 0.25) is 0 Å². The summed E-state index contributed by atoms with van der Waals surface area (Å²) in [6, 6.07) is 8.12. The number of aromatic nitrogens is 2. The maximum atomic E-state index is 12.2. The number of carbonyl (C=O) groups excluding carboxylic acids is 1. The van der Waals surface area contributed by atoms with Crippen molar-refractivity contribution in [3.8, 4) is 0 Å². The van der Waals surface area contributed by atoms with Gasteiger partial charge >= 0.3 is 6.09 Å². The van der Waals surface area contributed by atoms with Crippen LogP contribution in [0.3, 0.4) is 0 Å². The first-order valence-corrected chi connectivity index (χ1v) is 8.69. The average Bonchev–Trinajstić information content (AvgIpc) is 3.06. The number of hydrogen-bond acceptors (Lipinski definition) is 4. The highest BCUT2D eigenvalue weighted by Gasteiger charge is 2.38. The Kier molecular flexibility index (Phi) is 4.49. The van der Waals surface area contributed by atoms with E-state index in [0.717, 1.165) is 23.0 Å². The van der Waals surface area contributed by atoms with Gasteiger partial charge in [0.25, 0.3) is 0 Å². The molecule has 0 spiro atoms. The Morgan fingerprint density at radius 1 is 1.32 bits per heavy atom. The molecule has 0 bridgehead atoms. The molecule has 1 amide bonds. The van der Waals surface area contributed by atoms with Gasteiger partial charge in [-0.1, -0.05) is 18.2 Å². The normalized spacial score (nSPS) is 21.1. The van der Waals surface area contributed by atoms with Crippen LogP contribution in [0.1, 0.15) is 39.8 Å². The van der Waals surface area contributed by atoms with Gasteiger partial charge in [0.15, 0.2) is 0 Å². The quantitative estimate of drug-likeness (QED) is 0.854. The molecule has 0 saturated carbocycles. The fraction of sp³-hybridized carbons (Fsp3) is 0.579. The number of likely N-dealkylation sites (tertiary alicyclic amines) is 1. The molecule has 1 aliphatic rings. The summed E-state index contributed by atoms with van der Waals surface area (Å²) in [5.74, 6) is 0. The molecule has 2 heterocycles. The maximum Gasteiger partial charge on any atom is 0.410 e.